The minimum absolute atomic E-state index is 0.122. The third-order valence-corrected chi connectivity index (χ3v) is 1.24. The van der Waals surface area contributed by atoms with Crippen LogP contribution in [0.4, 0.5) is 13.2 Å². The van der Waals surface area contributed by atoms with E-state index in [9.17, 15) is 13.2 Å². The molecule has 0 fully saturated rings. The molecule has 0 rings (SSSR count). The lowest BCUT2D eigenvalue weighted by Gasteiger charge is -2.03. The van der Waals surface area contributed by atoms with E-state index in [1.54, 1.807) is 6.08 Å². The van der Waals surface area contributed by atoms with E-state index in [1.165, 1.54) is 0 Å². The maximum absolute atomic E-state index is 11.5. The molecule has 0 aromatic rings. The van der Waals surface area contributed by atoms with E-state index in [1.807, 2.05) is 0 Å². The van der Waals surface area contributed by atoms with Gasteiger partial charge in [-0.15, -0.1) is 6.58 Å². The third kappa shape index (κ3) is 9.53. The minimum atomic E-state index is -4.10. The Bertz CT molecular complexity index is 104. The van der Waals surface area contributed by atoms with Gasteiger partial charge in [0.25, 0.3) is 0 Å². The van der Waals surface area contributed by atoms with Crippen molar-refractivity contribution >= 4 is 0 Å². The van der Waals surface area contributed by atoms with Crippen LogP contribution in [0.15, 0.2) is 12.7 Å². The number of allylic oxidation sites excluding steroid dienone is 1. The molecule has 0 N–H and O–H groups in total. The summed E-state index contributed by atoms with van der Waals surface area (Å²) >= 11 is 0. The van der Waals surface area contributed by atoms with Gasteiger partial charge in [0.15, 0.2) is 0 Å². The van der Waals surface area contributed by atoms with Crippen LogP contribution in [0.25, 0.3) is 0 Å². The Kier molecular flexibility index (Phi) is 4.99. The highest BCUT2D eigenvalue weighted by atomic mass is 19.4. The molecule has 0 aliphatic carbocycles. The van der Waals surface area contributed by atoms with E-state index in [-0.39, 0.29) is 6.42 Å². The quantitative estimate of drug-likeness (QED) is 0.432. The van der Waals surface area contributed by atoms with Crippen molar-refractivity contribution in [1.29, 1.82) is 0 Å². The van der Waals surface area contributed by atoms with Crippen molar-refractivity contribution in [3.63, 3.8) is 0 Å². The molecule has 0 unspecified atom stereocenters. The van der Waals surface area contributed by atoms with E-state index < -0.39 is 6.18 Å². The first-order valence-electron chi connectivity index (χ1n) is 3.58. The van der Waals surface area contributed by atoms with E-state index in [0.29, 0.717) is 12.8 Å². The maximum atomic E-state index is 11.5. The Labute approximate surface area is 65.1 Å². The van der Waals surface area contributed by atoms with Crippen molar-refractivity contribution in [1.82, 2.24) is 0 Å². The van der Waals surface area contributed by atoms with Gasteiger partial charge < -0.3 is 0 Å². The number of unbranched alkanes of at least 4 members (excludes halogenated alkanes) is 3. The SMILES string of the molecule is C=CCCCC[CH]C(F)(F)F. The van der Waals surface area contributed by atoms with Gasteiger partial charge in [-0.1, -0.05) is 12.5 Å². The van der Waals surface area contributed by atoms with Crippen molar-refractivity contribution in [3.05, 3.63) is 19.1 Å². The molecule has 0 aromatic heterocycles. The fraction of sp³-hybridized carbons (Fsp3) is 0.625. The highest BCUT2D eigenvalue weighted by molar-refractivity contribution is 4.74. The molecule has 0 heterocycles. The fourth-order valence-electron chi connectivity index (χ4n) is 0.699. The van der Waals surface area contributed by atoms with Gasteiger partial charge in [0.2, 0.25) is 0 Å². The minimum Gasteiger partial charge on any atom is -0.171 e. The highest BCUT2D eigenvalue weighted by Crippen LogP contribution is 2.21. The zero-order valence-corrected chi connectivity index (χ0v) is 6.32. The molecule has 0 aliphatic heterocycles. The lowest BCUT2D eigenvalue weighted by atomic mass is 10.1. The third-order valence-electron chi connectivity index (χ3n) is 1.24. The molecule has 0 spiro atoms. The van der Waals surface area contributed by atoms with Gasteiger partial charge in [0.05, 0.1) is 6.42 Å². The first-order valence-corrected chi connectivity index (χ1v) is 3.58. The summed E-state index contributed by atoms with van der Waals surface area (Å²) in [7, 11) is 0. The van der Waals surface area contributed by atoms with Crippen LogP contribution < -0.4 is 0 Å². The van der Waals surface area contributed by atoms with Crippen molar-refractivity contribution < 1.29 is 13.2 Å². The van der Waals surface area contributed by atoms with Crippen LogP contribution in [0.1, 0.15) is 25.7 Å². The van der Waals surface area contributed by atoms with Crippen molar-refractivity contribution in [3.8, 4) is 0 Å². The number of halogens is 3. The zero-order valence-electron chi connectivity index (χ0n) is 6.32. The molecule has 0 saturated carbocycles. The summed E-state index contributed by atoms with van der Waals surface area (Å²) in [6, 6.07) is 0. The van der Waals surface area contributed by atoms with Crippen molar-refractivity contribution in [2.45, 2.75) is 31.9 Å². The average Bonchev–Trinajstić information content (AvgIpc) is 1.85. The molecule has 1 radical (unpaired) electrons. The Morgan fingerprint density at radius 1 is 1.09 bits per heavy atom. The van der Waals surface area contributed by atoms with Gasteiger partial charge in [0, 0.05) is 0 Å². The number of hydrogen-bond donors (Lipinski definition) is 0. The van der Waals surface area contributed by atoms with E-state index in [2.05, 4.69) is 6.58 Å². The summed E-state index contributed by atoms with van der Waals surface area (Å²) in [4.78, 5) is 0. The van der Waals surface area contributed by atoms with Crippen LogP contribution in [-0.4, -0.2) is 6.18 Å². The Morgan fingerprint density at radius 2 is 1.64 bits per heavy atom. The van der Waals surface area contributed by atoms with Crippen LogP contribution >= 0.6 is 0 Å². The zero-order chi connectivity index (χ0) is 8.74. The molecule has 0 amide bonds. The first kappa shape index (κ1) is 10.5. The molecule has 0 bridgehead atoms. The predicted molar refractivity (Wildman–Crippen MR) is 39.0 cm³/mol. The second-order valence-corrected chi connectivity index (χ2v) is 2.32. The van der Waals surface area contributed by atoms with Crippen LogP contribution in [0.2, 0.25) is 0 Å². The van der Waals surface area contributed by atoms with E-state index in [0.717, 1.165) is 12.8 Å². The standard InChI is InChI=1S/C8H12F3/c1-2-3-4-5-6-7-8(9,10)11/h2,7H,1,3-6H2. The van der Waals surface area contributed by atoms with Gasteiger partial charge in [-0.2, -0.15) is 13.2 Å². The topological polar surface area (TPSA) is 0 Å². The van der Waals surface area contributed by atoms with Crippen LogP contribution in [0.5, 0.6) is 0 Å². The lowest BCUT2D eigenvalue weighted by molar-refractivity contribution is -0.0984. The normalized spacial score (nSPS) is 11.5. The van der Waals surface area contributed by atoms with Gasteiger partial charge in [0.1, 0.15) is 0 Å². The molecule has 0 aromatic carbocycles. The Balaban J connectivity index is 3.08. The van der Waals surface area contributed by atoms with Gasteiger partial charge >= 0.3 is 6.18 Å². The molecule has 65 valence electrons. The van der Waals surface area contributed by atoms with Crippen LogP contribution in [-0.2, 0) is 0 Å². The summed E-state index contributed by atoms with van der Waals surface area (Å²) < 4.78 is 34.5. The fourth-order valence-corrected chi connectivity index (χ4v) is 0.699. The predicted octanol–water partition coefficient (Wildman–Crippen LogP) is 3.50. The molecule has 3 heteroatoms. The molecular formula is C8H12F3. The van der Waals surface area contributed by atoms with E-state index >= 15 is 0 Å². The Hall–Kier alpha value is -0.470. The van der Waals surface area contributed by atoms with Crippen molar-refractivity contribution in [2.24, 2.45) is 0 Å². The van der Waals surface area contributed by atoms with Crippen LogP contribution in [0, 0.1) is 6.42 Å². The molecule has 0 nitrogen and oxygen atoms in total. The largest absolute Gasteiger partial charge is 0.392 e. The maximum Gasteiger partial charge on any atom is 0.392 e. The second kappa shape index (κ2) is 5.22. The smallest absolute Gasteiger partial charge is 0.171 e. The second-order valence-electron chi connectivity index (χ2n) is 2.32. The summed E-state index contributed by atoms with van der Waals surface area (Å²) in [5.41, 5.74) is 0. The first-order chi connectivity index (χ1) is 5.06. The molecule has 11 heavy (non-hydrogen) atoms. The molecular weight excluding hydrogens is 153 g/mol. The van der Waals surface area contributed by atoms with Gasteiger partial charge in [-0.05, 0) is 19.3 Å². The van der Waals surface area contributed by atoms with Crippen molar-refractivity contribution in [2.75, 3.05) is 0 Å². The lowest BCUT2D eigenvalue weighted by Crippen LogP contribution is -2.07. The average molecular weight is 165 g/mol. The summed E-state index contributed by atoms with van der Waals surface area (Å²) in [5, 5.41) is 0. The number of rotatable bonds is 5. The van der Waals surface area contributed by atoms with Crippen LogP contribution in [0.3, 0.4) is 0 Å². The molecule has 0 atom stereocenters. The number of hydrogen-bond acceptors (Lipinski definition) is 0. The number of alkyl halides is 3. The highest BCUT2D eigenvalue weighted by Gasteiger charge is 2.26. The summed E-state index contributed by atoms with van der Waals surface area (Å²) in [6.45, 7) is 3.47. The monoisotopic (exact) mass is 165 g/mol. The molecule has 0 aliphatic rings. The van der Waals surface area contributed by atoms with Gasteiger partial charge in [-0.3, -0.25) is 0 Å². The molecule has 0 saturated heterocycles. The van der Waals surface area contributed by atoms with Gasteiger partial charge in [-0.25, -0.2) is 0 Å². The summed E-state index contributed by atoms with van der Waals surface area (Å²) in [5.74, 6) is 0. The summed E-state index contributed by atoms with van der Waals surface area (Å²) in [6.07, 6.45) is 0.308. The van der Waals surface area contributed by atoms with E-state index in [4.69, 9.17) is 0 Å². The Morgan fingerprint density at radius 3 is 2.09 bits per heavy atom.